The summed E-state index contributed by atoms with van der Waals surface area (Å²) < 4.78 is 13.4. The summed E-state index contributed by atoms with van der Waals surface area (Å²) in [4.78, 5) is 3.74. The van der Waals surface area contributed by atoms with E-state index in [1.807, 2.05) is 6.92 Å². The van der Waals surface area contributed by atoms with Gasteiger partial charge in [-0.05, 0) is 32.4 Å². The molecule has 0 radical (unpaired) electrons. The fraction of sp³-hybridized carbons (Fsp3) is 0.500. The van der Waals surface area contributed by atoms with Crippen LogP contribution in [0.25, 0.3) is 0 Å². The molecule has 1 unspecified atom stereocenters. The van der Waals surface area contributed by atoms with Gasteiger partial charge in [-0.3, -0.25) is 4.98 Å². The Morgan fingerprint density at radius 1 is 1.62 bits per heavy atom. The zero-order valence-electron chi connectivity index (χ0n) is 7.68. The Bertz CT molecular complexity index is 306. The highest BCUT2D eigenvalue weighted by Crippen LogP contribution is 2.31. The second-order valence-corrected chi connectivity index (χ2v) is 3.72. The Morgan fingerprint density at radius 2 is 2.46 bits per heavy atom. The Morgan fingerprint density at radius 3 is 3.08 bits per heavy atom. The molecular formula is C10H13FN2. The number of hydrogen-bond acceptors (Lipinski definition) is 2. The van der Waals surface area contributed by atoms with Crippen molar-refractivity contribution in [1.29, 1.82) is 0 Å². The molecule has 0 aromatic carbocycles. The van der Waals surface area contributed by atoms with Gasteiger partial charge in [0.25, 0.3) is 0 Å². The molecule has 2 rings (SSSR count). The van der Waals surface area contributed by atoms with E-state index in [2.05, 4.69) is 10.3 Å². The number of hydrogen-bond donors (Lipinski definition) is 1. The number of aromatic nitrogens is 1. The molecule has 1 aromatic rings. The quantitative estimate of drug-likeness (QED) is 0.713. The highest BCUT2D eigenvalue weighted by Gasteiger charge is 2.32. The Kier molecular flexibility index (Phi) is 2.04. The smallest absolute Gasteiger partial charge is 0.146 e. The molecule has 70 valence electrons. The van der Waals surface area contributed by atoms with E-state index in [-0.39, 0.29) is 11.4 Å². The SMILES string of the molecule is CC1(c2ccncc2F)CCCN1. The van der Waals surface area contributed by atoms with Gasteiger partial charge in [-0.15, -0.1) is 0 Å². The maximum Gasteiger partial charge on any atom is 0.146 e. The number of rotatable bonds is 1. The third-order valence-corrected chi connectivity index (χ3v) is 2.74. The summed E-state index contributed by atoms with van der Waals surface area (Å²) in [5, 5.41) is 3.32. The van der Waals surface area contributed by atoms with Crippen LogP contribution in [0.4, 0.5) is 4.39 Å². The zero-order valence-corrected chi connectivity index (χ0v) is 7.68. The number of pyridine rings is 1. The molecule has 13 heavy (non-hydrogen) atoms. The molecule has 1 fully saturated rings. The predicted molar refractivity (Wildman–Crippen MR) is 48.8 cm³/mol. The third kappa shape index (κ3) is 1.44. The van der Waals surface area contributed by atoms with E-state index in [1.165, 1.54) is 6.20 Å². The largest absolute Gasteiger partial charge is 0.308 e. The lowest BCUT2D eigenvalue weighted by Crippen LogP contribution is -2.34. The Hall–Kier alpha value is -0.960. The molecular weight excluding hydrogens is 167 g/mol. The first kappa shape index (κ1) is 8.63. The van der Waals surface area contributed by atoms with Gasteiger partial charge in [0.1, 0.15) is 5.82 Å². The van der Waals surface area contributed by atoms with Crippen molar-refractivity contribution in [2.45, 2.75) is 25.3 Å². The van der Waals surface area contributed by atoms with E-state index in [4.69, 9.17) is 0 Å². The first-order valence-electron chi connectivity index (χ1n) is 4.57. The van der Waals surface area contributed by atoms with Gasteiger partial charge < -0.3 is 5.32 Å². The van der Waals surface area contributed by atoms with Crippen molar-refractivity contribution >= 4 is 0 Å². The van der Waals surface area contributed by atoms with Gasteiger partial charge in [-0.25, -0.2) is 4.39 Å². The maximum atomic E-state index is 13.4. The molecule has 1 atom stereocenters. The monoisotopic (exact) mass is 180 g/mol. The molecule has 1 N–H and O–H groups in total. The summed E-state index contributed by atoms with van der Waals surface area (Å²) in [7, 11) is 0. The summed E-state index contributed by atoms with van der Waals surface area (Å²) in [6.45, 7) is 3.01. The first-order valence-corrected chi connectivity index (χ1v) is 4.57. The molecule has 0 bridgehead atoms. The second kappa shape index (κ2) is 3.07. The van der Waals surface area contributed by atoms with Crippen LogP contribution < -0.4 is 5.32 Å². The lowest BCUT2D eigenvalue weighted by atomic mass is 9.91. The summed E-state index contributed by atoms with van der Waals surface area (Å²) in [6.07, 6.45) is 5.02. The van der Waals surface area contributed by atoms with Gasteiger partial charge in [-0.1, -0.05) is 0 Å². The third-order valence-electron chi connectivity index (χ3n) is 2.74. The minimum Gasteiger partial charge on any atom is -0.308 e. The van der Waals surface area contributed by atoms with E-state index >= 15 is 0 Å². The predicted octanol–water partition coefficient (Wildman–Crippen LogP) is 1.82. The van der Waals surface area contributed by atoms with Crippen LogP contribution >= 0.6 is 0 Å². The van der Waals surface area contributed by atoms with Gasteiger partial charge in [-0.2, -0.15) is 0 Å². The van der Waals surface area contributed by atoms with Crippen LogP contribution in [-0.2, 0) is 5.54 Å². The molecule has 2 heterocycles. The molecule has 1 aromatic heterocycles. The van der Waals surface area contributed by atoms with Crippen LogP contribution in [0, 0.1) is 5.82 Å². The van der Waals surface area contributed by atoms with Crippen molar-refractivity contribution in [3.8, 4) is 0 Å². The van der Waals surface area contributed by atoms with Crippen molar-refractivity contribution < 1.29 is 4.39 Å². The average Bonchev–Trinajstić information content (AvgIpc) is 2.54. The minimum atomic E-state index is -0.209. The van der Waals surface area contributed by atoms with Crippen molar-refractivity contribution in [2.75, 3.05) is 6.54 Å². The summed E-state index contributed by atoms with van der Waals surface area (Å²) in [5.41, 5.74) is 0.549. The molecule has 0 saturated carbocycles. The molecule has 0 spiro atoms. The summed E-state index contributed by atoms with van der Waals surface area (Å²) >= 11 is 0. The van der Waals surface area contributed by atoms with Gasteiger partial charge >= 0.3 is 0 Å². The fourth-order valence-corrected chi connectivity index (χ4v) is 1.95. The lowest BCUT2D eigenvalue weighted by Gasteiger charge is -2.24. The highest BCUT2D eigenvalue weighted by molar-refractivity contribution is 5.23. The van der Waals surface area contributed by atoms with E-state index in [1.54, 1.807) is 12.3 Å². The number of nitrogens with one attached hydrogen (secondary N) is 1. The van der Waals surface area contributed by atoms with Gasteiger partial charge in [0.05, 0.1) is 6.20 Å². The Labute approximate surface area is 77.2 Å². The van der Waals surface area contributed by atoms with Gasteiger partial charge in [0.15, 0.2) is 0 Å². The fourth-order valence-electron chi connectivity index (χ4n) is 1.95. The molecule has 1 aliphatic rings. The molecule has 3 heteroatoms. The zero-order chi connectivity index (χ0) is 9.31. The number of nitrogens with zero attached hydrogens (tertiary/aromatic N) is 1. The molecule has 1 saturated heterocycles. The minimum absolute atomic E-state index is 0.187. The van der Waals surface area contributed by atoms with Crippen LogP contribution in [0.1, 0.15) is 25.3 Å². The molecule has 0 aliphatic carbocycles. The average molecular weight is 180 g/mol. The molecule has 0 amide bonds. The van der Waals surface area contributed by atoms with Gasteiger partial charge in [0, 0.05) is 17.3 Å². The highest BCUT2D eigenvalue weighted by atomic mass is 19.1. The van der Waals surface area contributed by atoms with Crippen molar-refractivity contribution in [3.05, 3.63) is 29.8 Å². The normalized spacial score (nSPS) is 27.8. The van der Waals surface area contributed by atoms with E-state index in [0.29, 0.717) is 0 Å². The van der Waals surface area contributed by atoms with Crippen LogP contribution in [0.3, 0.4) is 0 Å². The maximum absolute atomic E-state index is 13.4. The van der Waals surface area contributed by atoms with Crippen molar-refractivity contribution in [2.24, 2.45) is 0 Å². The van der Waals surface area contributed by atoms with Crippen molar-refractivity contribution in [1.82, 2.24) is 10.3 Å². The van der Waals surface area contributed by atoms with Crippen molar-refractivity contribution in [3.63, 3.8) is 0 Å². The van der Waals surface area contributed by atoms with Crippen LogP contribution in [0.5, 0.6) is 0 Å². The summed E-state index contributed by atoms with van der Waals surface area (Å²) in [6, 6.07) is 1.76. The second-order valence-electron chi connectivity index (χ2n) is 3.72. The lowest BCUT2D eigenvalue weighted by molar-refractivity contribution is 0.409. The summed E-state index contributed by atoms with van der Waals surface area (Å²) in [5.74, 6) is -0.209. The standard InChI is InChI=1S/C10H13FN2/c1-10(4-2-5-13-10)8-3-6-12-7-9(8)11/h3,6-7,13H,2,4-5H2,1H3. The van der Waals surface area contributed by atoms with Crippen LogP contribution in [0.2, 0.25) is 0 Å². The van der Waals surface area contributed by atoms with E-state index in [9.17, 15) is 4.39 Å². The topological polar surface area (TPSA) is 24.9 Å². The van der Waals surface area contributed by atoms with E-state index < -0.39 is 0 Å². The van der Waals surface area contributed by atoms with E-state index in [0.717, 1.165) is 24.9 Å². The Balaban J connectivity index is 2.39. The molecule has 1 aliphatic heterocycles. The first-order chi connectivity index (χ1) is 6.22. The molecule has 2 nitrogen and oxygen atoms in total. The van der Waals surface area contributed by atoms with Crippen LogP contribution in [0.15, 0.2) is 18.5 Å². The number of halogens is 1. The van der Waals surface area contributed by atoms with Gasteiger partial charge in [0.2, 0.25) is 0 Å². The van der Waals surface area contributed by atoms with Crippen LogP contribution in [-0.4, -0.2) is 11.5 Å².